The topological polar surface area (TPSA) is 86.0 Å². The van der Waals surface area contributed by atoms with E-state index in [0.29, 0.717) is 24.0 Å². The third-order valence-corrected chi connectivity index (χ3v) is 2.74. The summed E-state index contributed by atoms with van der Waals surface area (Å²) in [7, 11) is 0. The molecule has 1 aromatic carbocycles. The first-order valence-electron chi connectivity index (χ1n) is 5.80. The summed E-state index contributed by atoms with van der Waals surface area (Å²) in [5.74, 6) is 2.68. The van der Waals surface area contributed by atoms with Crippen LogP contribution in [-0.2, 0) is 0 Å². The Hall–Kier alpha value is -2.08. The highest BCUT2D eigenvalue weighted by molar-refractivity contribution is 5.40. The van der Waals surface area contributed by atoms with E-state index in [1.54, 1.807) is 0 Å². The molecule has 2 heterocycles. The number of nitrogens with one attached hydrogen (secondary N) is 1. The van der Waals surface area contributed by atoms with E-state index in [1.165, 1.54) is 0 Å². The van der Waals surface area contributed by atoms with Crippen molar-refractivity contribution in [3.05, 3.63) is 35.9 Å². The van der Waals surface area contributed by atoms with Crippen LogP contribution in [0.25, 0.3) is 0 Å². The fraction of sp³-hybridized carbons (Fsp3) is 0.333. The van der Waals surface area contributed by atoms with E-state index >= 15 is 0 Å². The van der Waals surface area contributed by atoms with Crippen molar-refractivity contribution in [2.45, 2.75) is 19.1 Å². The molecule has 0 saturated carbocycles. The lowest BCUT2D eigenvalue weighted by Crippen LogP contribution is -2.22. The molecule has 2 aromatic rings. The summed E-state index contributed by atoms with van der Waals surface area (Å²) >= 11 is 0. The predicted octanol–water partition coefficient (Wildman–Crippen LogP) is 1.34. The molecule has 3 N–H and O–H groups in total. The number of hydrogen-bond donors (Lipinski definition) is 2. The van der Waals surface area contributed by atoms with Gasteiger partial charge in [0.05, 0.1) is 6.04 Å². The standard InChI is InChI=1S/C12H14N4O2/c1-7(13)11-14-12(16-15-11)10-6-17-8-4-2-3-5-9(8)18-10/h2-5,7,10H,6,13H2,1H3,(H,14,15,16). The van der Waals surface area contributed by atoms with Crippen LogP contribution in [0.4, 0.5) is 0 Å². The molecule has 0 fully saturated rings. The summed E-state index contributed by atoms with van der Waals surface area (Å²) in [5.41, 5.74) is 5.72. The van der Waals surface area contributed by atoms with Gasteiger partial charge in [-0.05, 0) is 19.1 Å². The molecule has 18 heavy (non-hydrogen) atoms. The molecule has 2 atom stereocenters. The molecule has 0 bridgehead atoms. The molecule has 1 aliphatic heterocycles. The molecular weight excluding hydrogens is 232 g/mol. The number of para-hydroxylation sites is 2. The molecule has 3 rings (SSSR count). The van der Waals surface area contributed by atoms with Crippen molar-refractivity contribution >= 4 is 0 Å². The lowest BCUT2D eigenvalue weighted by atomic mass is 10.2. The van der Waals surface area contributed by atoms with Gasteiger partial charge in [0.1, 0.15) is 6.61 Å². The molecule has 1 aliphatic rings. The van der Waals surface area contributed by atoms with Crippen molar-refractivity contribution in [1.82, 2.24) is 15.2 Å². The average Bonchev–Trinajstić information content (AvgIpc) is 2.88. The van der Waals surface area contributed by atoms with Crippen LogP contribution in [0.5, 0.6) is 11.5 Å². The maximum absolute atomic E-state index is 5.81. The number of nitrogens with two attached hydrogens (primary N) is 1. The van der Waals surface area contributed by atoms with Crippen LogP contribution in [0.2, 0.25) is 0 Å². The summed E-state index contributed by atoms with van der Waals surface area (Å²) in [6.45, 7) is 2.24. The van der Waals surface area contributed by atoms with Crippen molar-refractivity contribution < 1.29 is 9.47 Å². The fourth-order valence-corrected chi connectivity index (χ4v) is 1.79. The quantitative estimate of drug-likeness (QED) is 0.835. The van der Waals surface area contributed by atoms with Crippen molar-refractivity contribution in [2.75, 3.05) is 6.61 Å². The zero-order valence-corrected chi connectivity index (χ0v) is 9.96. The third kappa shape index (κ3) is 1.91. The molecule has 0 aliphatic carbocycles. The Morgan fingerprint density at radius 2 is 2.17 bits per heavy atom. The Bertz CT molecular complexity index is 553. The van der Waals surface area contributed by atoms with Crippen LogP contribution in [0, 0.1) is 0 Å². The Labute approximate surface area is 104 Å². The number of ether oxygens (including phenoxy) is 2. The molecule has 0 spiro atoms. The summed E-state index contributed by atoms with van der Waals surface area (Å²) in [4.78, 5) is 4.31. The molecule has 0 amide bonds. The minimum Gasteiger partial charge on any atom is -0.485 e. The van der Waals surface area contributed by atoms with E-state index in [2.05, 4.69) is 15.2 Å². The van der Waals surface area contributed by atoms with E-state index in [9.17, 15) is 0 Å². The summed E-state index contributed by atoms with van der Waals surface area (Å²) in [5, 5.41) is 6.89. The van der Waals surface area contributed by atoms with Gasteiger partial charge in [-0.15, -0.1) is 0 Å². The molecule has 94 valence electrons. The van der Waals surface area contributed by atoms with Gasteiger partial charge in [-0.1, -0.05) is 12.1 Å². The van der Waals surface area contributed by atoms with Crippen LogP contribution >= 0.6 is 0 Å². The van der Waals surface area contributed by atoms with Crippen LogP contribution in [0.15, 0.2) is 24.3 Å². The maximum atomic E-state index is 5.81. The number of aromatic nitrogens is 3. The van der Waals surface area contributed by atoms with Gasteiger partial charge in [0.15, 0.2) is 29.3 Å². The molecule has 0 radical (unpaired) electrons. The number of fused-ring (bicyclic) bond motifs is 1. The number of nitrogens with zero attached hydrogens (tertiary/aromatic N) is 2. The van der Waals surface area contributed by atoms with Gasteiger partial charge in [-0.25, -0.2) is 4.98 Å². The van der Waals surface area contributed by atoms with E-state index in [1.807, 2.05) is 31.2 Å². The molecule has 6 heteroatoms. The van der Waals surface area contributed by atoms with Gasteiger partial charge in [-0.2, -0.15) is 5.10 Å². The van der Waals surface area contributed by atoms with Gasteiger partial charge in [0, 0.05) is 0 Å². The van der Waals surface area contributed by atoms with Crippen LogP contribution in [-0.4, -0.2) is 21.8 Å². The van der Waals surface area contributed by atoms with Gasteiger partial charge >= 0.3 is 0 Å². The lowest BCUT2D eigenvalue weighted by Gasteiger charge is -2.24. The van der Waals surface area contributed by atoms with E-state index in [4.69, 9.17) is 15.2 Å². The Balaban J connectivity index is 1.83. The molecule has 0 saturated heterocycles. The second-order valence-corrected chi connectivity index (χ2v) is 4.23. The highest BCUT2D eigenvalue weighted by Crippen LogP contribution is 2.34. The third-order valence-electron chi connectivity index (χ3n) is 2.74. The fourth-order valence-electron chi connectivity index (χ4n) is 1.79. The van der Waals surface area contributed by atoms with Crippen molar-refractivity contribution in [3.63, 3.8) is 0 Å². The minimum atomic E-state index is -0.278. The van der Waals surface area contributed by atoms with E-state index in [0.717, 1.165) is 5.75 Å². The lowest BCUT2D eigenvalue weighted by molar-refractivity contribution is 0.0853. The molecule has 2 unspecified atom stereocenters. The Morgan fingerprint density at radius 3 is 2.89 bits per heavy atom. The van der Waals surface area contributed by atoms with Crippen LogP contribution in [0.3, 0.4) is 0 Å². The number of benzene rings is 1. The zero-order valence-electron chi connectivity index (χ0n) is 9.96. The van der Waals surface area contributed by atoms with Crippen LogP contribution in [0.1, 0.15) is 30.7 Å². The molecule has 6 nitrogen and oxygen atoms in total. The number of rotatable bonds is 2. The summed E-state index contributed by atoms with van der Waals surface area (Å²) in [6.07, 6.45) is -0.278. The van der Waals surface area contributed by atoms with Gasteiger partial charge < -0.3 is 15.2 Å². The van der Waals surface area contributed by atoms with Crippen molar-refractivity contribution in [2.24, 2.45) is 5.73 Å². The largest absolute Gasteiger partial charge is 0.485 e. The smallest absolute Gasteiger partial charge is 0.191 e. The van der Waals surface area contributed by atoms with E-state index < -0.39 is 0 Å². The SMILES string of the molecule is CC(N)c1n[nH]c(C2COc3ccccc3O2)n1. The van der Waals surface area contributed by atoms with E-state index in [-0.39, 0.29) is 12.1 Å². The minimum absolute atomic E-state index is 0.202. The molecular formula is C12H14N4O2. The monoisotopic (exact) mass is 246 g/mol. The number of H-pyrrole nitrogens is 1. The first-order valence-corrected chi connectivity index (χ1v) is 5.80. The Morgan fingerprint density at radius 1 is 1.39 bits per heavy atom. The molecule has 1 aromatic heterocycles. The highest BCUT2D eigenvalue weighted by Gasteiger charge is 2.25. The van der Waals surface area contributed by atoms with Gasteiger partial charge in [0.2, 0.25) is 0 Å². The Kier molecular flexibility index (Phi) is 2.64. The first-order chi connectivity index (χ1) is 8.74. The first kappa shape index (κ1) is 11.0. The number of aromatic amines is 1. The normalized spacial score (nSPS) is 19.6. The van der Waals surface area contributed by atoms with Crippen molar-refractivity contribution in [1.29, 1.82) is 0 Å². The summed E-state index contributed by atoms with van der Waals surface area (Å²) in [6, 6.07) is 7.35. The average molecular weight is 246 g/mol. The van der Waals surface area contributed by atoms with Crippen LogP contribution < -0.4 is 15.2 Å². The van der Waals surface area contributed by atoms with Crippen molar-refractivity contribution in [3.8, 4) is 11.5 Å². The second-order valence-electron chi connectivity index (χ2n) is 4.23. The van der Waals surface area contributed by atoms with Gasteiger partial charge in [0.25, 0.3) is 0 Å². The highest BCUT2D eigenvalue weighted by atomic mass is 16.6. The zero-order chi connectivity index (χ0) is 12.5. The second kappa shape index (κ2) is 4.30. The summed E-state index contributed by atoms with van der Waals surface area (Å²) < 4.78 is 11.4. The predicted molar refractivity (Wildman–Crippen MR) is 64.3 cm³/mol. The van der Waals surface area contributed by atoms with Gasteiger partial charge in [-0.3, -0.25) is 5.10 Å². The maximum Gasteiger partial charge on any atom is 0.191 e. The number of hydrogen-bond acceptors (Lipinski definition) is 5.